The molecule has 20 heavy (non-hydrogen) atoms. The number of carbonyl (C=O) groups is 1. The van der Waals surface area contributed by atoms with E-state index in [1.807, 2.05) is 13.8 Å². The van der Waals surface area contributed by atoms with Crippen LogP contribution in [0.4, 0.5) is 19.0 Å². The first-order chi connectivity index (χ1) is 9.24. The Morgan fingerprint density at radius 3 is 2.55 bits per heavy atom. The molecule has 0 bridgehead atoms. The number of amides is 1. The first-order valence-electron chi connectivity index (χ1n) is 6.32. The summed E-state index contributed by atoms with van der Waals surface area (Å²) in [7, 11) is 0. The quantitative estimate of drug-likeness (QED) is 0.905. The molecule has 0 saturated heterocycles. The molecular weight excluding hydrogens is 271 g/mol. The van der Waals surface area contributed by atoms with Gasteiger partial charge in [-0.15, -0.1) is 0 Å². The Morgan fingerprint density at radius 1 is 1.40 bits per heavy atom. The van der Waals surface area contributed by atoms with E-state index in [2.05, 4.69) is 10.3 Å². The zero-order valence-corrected chi connectivity index (χ0v) is 11.7. The minimum absolute atomic E-state index is 0.0179. The van der Waals surface area contributed by atoms with Gasteiger partial charge in [0.1, 0.15) is 11.5 Å². The van der Waals surface area contributed by atoms with E-state index in [1.54, 1.807) is 6.92 Å². The average Bonchev–Trinajstić information content (AvgIpc) is 2.34. The van der Waals surface area contributed by atoms with Crippen molar-refractivity contribution in [3.8, 4) is 0 Å². The predicted octanol–water partition coefficient (Wildman–Crippen LogP) is 2.45. The summed E-state index contributed by atoms with van der Waals surface area (Å²) in [4.78, 5) is 16.7. The fourth-order valence-corrected chi connectivity index (χ4v) is 1.65. The first-order valence-corrected chi connectivity index (χ1v) is 6.32. The summed E-state index contributed by atoms with van der Waals surface area (Å²) in [5, 5.41) is 2.69. The molecule has 0 unspecified atom stereocenters. The molecule has 0 radical (unpaired) electrons. The number of pyridine rings is 1. The van der Waals surface area contributed by atoms with E-state index in [-0.39, 0.29) is 24.3 Å². The summed E-state index contributed by atoms with van der Waals surface area (Å²) in [5.74, 6) is -0.109. The Morgan fingerprint density at radius 2 is 2.05 bits per heavy atom. The molecule has 1 amide bonds. The van der Waals surface area contributed by atoms with Crippen LogP contribution in [0, 0.1) is 0 Å². The Labute approximate surface area is 116 Å². The van der Waals surface area contributed by atoms with Crippen LogP contribution in [0.1, 0.15) is 26.5 Å². The molecule has 1 rings (SSSR count). The molecule has 112 valence electrons. The third-order valence-electron chi connectivity index (χ3n) is 2.51. The van der Waals surface area contributed by atoms with Gasteiger partial charge in [-0.25, -0.2) is 4.98 Å². The van der Waals surface area contributed by atoms with Crippen LogP contribution < -0.4 is 10.2 Å². The van der Waals surface area contributed by atoms with Gasteiger partial charge in [-0.1, -0.05) is 6.07 Å². The standard InChI is InChI=1S/C13H18F3N3O/c1-4-19(8-12(20)17-9(2)3)11-7-5-6-10(18-11)13(14,15)16/h5-7,9H,4,8H2,1-3H3,(H,17,20). The third-order valence-corrected chi connectivity index (χ3v) is 2.51. The molecule has 0 spiro atoms. The van der Waals surface area contributed by atoms with E-state index >= 15 is 0 Å². The second kappa shape index (κ2) is 6.58. The topological polar surface area (TPSA) is 45.2 Å². The SMILES string of the molecule is CCN(CC(=O)NC(C)C)c1cccc(C(F)(F)F)n1. The van der Waals surface area contributed by atoms with Crippen molar-refractivity contribution in [1.82, 2.24) is 10.3 Å². The molecule has 0 aliphatic carbocycles. The highest BCUT2D eigenvalue weighted by atomic mass is 19.4. The van der Waals surface area contributed by atoms with Crippen LogP contribution in [0.5, 0.6) is 0 Å². The zero-order valence-electron chi connectivity index (χ0n) is 11.7. The number of nitrogens with zero attached hydrogens (tertiary/aromatic N) is 2. The number of carbonyl (C=O) groups excluding carboxylic acids is 1. The number of hydrogen-bond donors (Lipinski definition) is 1. The van der Waals surface area contributed by atoms with Crippen LogP contribution in [0.25, 0.3) is 0 Å². The van der Waals surface area contributed by atoms with Crippen LogP contribution >= 0.6 is 0 Å². The molecule has 1 N–H and O–H groups in total. The predicted molar refractivity (Wildman–Crippen MR) is 70.4 cm³/mol. The van der Waals surface area contributed by atoms with E-state index in [0.29, 0.717) is 6.54 Å². The van der Waals surface area contributed by atoms with E-state index in [1.165, 1.54) is 17.0 Å². The zero-order chi connectivity index (χ0) is 15.3. The van der Waals surface area contributed by atoms with Crippen LogP contribution in [0.2, 0.25) is 0 Å². The van der Waals surface area contributed by atoms with Gasteiger partial charge >= 0.3 is 6.18 Å². The number of halogens is 3. The van der Waals surface area contributed by atoms with Gasteiger partial charge < -0.3 is 10.2 Å². The summed E-state index contributed by atoms with van der Waals surface area (Å²) in [5.41, 5.74) is -0.960. The summed E-state index contributed by atoms with van der Waals surface area (Å²) < 4.78 is 37.8. The minimum atomic E-state index is -4.49. The van der Waals surface area contributed by atoms with Crippen LogP contribution in [0.15, 0.2) is 18.2 Å². The lowest BCUT2D eigenvalue weighted by atomic mass is 10.3. The maximum absolute atomic E-state index is 12.6. The minimum Gasteiger partial charge on any atom is -0.352 e. The Bertz CT molecular complexity index is 460. The van der Waals surface area contributed by atoms with Crippen molar-refractivity contribution in [2.75, 3.05) is 18.0 Å². The molecule has 4 nitrogen and oxygen atoms in total. The maximum Gasteiger partial charge on any atom is 0.433 e. The van der Waals surface area contributed by atoms with Gasteiger partial charge in [0.15, 0.2) is 0 Å². The van der Waals surface area contributed by atoms with E-state index in [0.717, 1.165) is 6.07 Å². The van der Waals surface area contributed by atoms with Gasteiger partial charge in [0.05, 0.1) is 6.54 Å². The molecule has 0 aromatic carbocycles. The fourth-order valence-electron chi connectivity index (χ4n) is 1.65. The van der Waals surface area contributed by atoms with Crippen molar-refractivity contribution in [1.29, 1.82) is 0 Å². The van der Waals surface area contributed by atoms with Gasteiger partial charge in [0.25, 0.3) is 0 Å². The van der Waals surface area contributed by atoms with Crippen molar-refractivity contribution < 1.29 is 18.0 Å². The van der Waals surface area contributed by atoms with Crippen molar-refractivity contribution in [2.24, 2.45) is 0 Å². The van der Waals surface area contributed by atoms with Crippen molar-refractivity contribution >= 4 is 11.7 Å². The van der Waals surface area contributed by atoms with Crippen LogP contribution in [-0.2, 0) is 11.0 Å². The molecule has 1 aromatic rings. The second-order valence-corrected chi connectivity index (χ2v) is 4.62. The molecule has 7 heteroatoms. The van der Waals surface area contributed by atoms with Crippen molar-refractivity contribution in [3.05, 3.63) is 23.9 Å². The monoisotopic (exact) mass is 289 g/mol. The molecular formula is C13H18F3N3O. The van der Waals surface area contributed by atoms with E-state index < -0.39 is 11.9 Å². The molecule has 0 aliphatic rings. The molecule has 1 heterocycles. The highest BCUT2D eigenvalue weighted by molar-refractivity contribution is 5.81. The Kier molecular flexibility index (Phi) is 5.35. The fraction of sp³-hybridized carbons (Fsp3) is 0.538. The summed E-state index contributed by atoms with van der Waals surface area (Å²) >= 11 is 0. The van der Waals surface area contributed by atoms with E-state index in [4.69, 9.17) is 0 Å². The van der Waals surface area contributed by atoms with Crippen LogP contribution in [0.3, 0.4) is 0 Å². The van der Waals surface area contributed by atoms with Crippen molar-refractivity contribution in [2.45, 2.75) is 33.0 Å². The molecule has 0 aliphatic heterocycles. The summed E-state index contributed by atoms with van der Waals surface area (Å²) in [6, 6.07) is 3.64. The highest BCUT2D eigenvalue weighted by Gasteiger charge is 2.32. The molecule has 0 saturated carbocycles. The van der Waals surface area contributed by atoms with Gasteiger partial charge in [0.2, 0.25) is 5.91 Å². The first kappa shape index (κ1) is 16.3. The maximum atomic E-state index is 12.6. The Hall–Kier alpha value is -1.79. The molecule has 0 atom stereocenters. The number of hydrogen-bond acceptors (Lipinski definition) is 3. The number of alkyl halides is 3. The largest absolute Gasteiger partial charge is 0.433 e. The average molecular weight is 289 g/mol. The molecule has 1 aromatic heterocycles. The smallest absolute Gasteiger partial charge is 0.352 e. The third kappa shape index (κ3) is 4.71. The van der Waals surface area contributed by atoms with Crippen molar-refractivity contribution in [3.63, 3.8) is 0 Å². The number of rotatable bonds is 5. The Balaban J connectivity index is 2.87. The van der Waals surface area contributed by atoms with Gasteiger partial charge in [0, 0.05) is 12.6 Å². The normalized spacial score (nSPS) is 11.6. The highest BCUT2D eigenvalue weighted by Crippen LogP contribution is 2.28. The lowest BCUT2D eigenvalue weighted by Gasteiger charge is -2.22. The van der Waals surface area contributed by atoms with Gasteiger partial charge in [-0.05, 0) is 32.9 Å². The van der Waals surface area contributed by atoms with Gasteiger partial charge in [-0.3, -0.25) is 4.79 Å². The number of nitrogens with one attached hydrogen (secondary N) is 1. The second-order valence-electron chi connectivity index (χ2n) is 4.62. The van der Waals surface area contributed by atoms with Crippen LogP contribution in [-0.4, -0.2) is 30.0 Å². The van der Waals surface area contributed by atoms with E-state index in [9.17, 15) is 18.0 Å². The number of likely N-dealkylation sites (N-methyl/N-ethyl adjacent to an activating group) is 1. The number of anilines is 1. The van der Waals surface area contributed by atoms with Gasteiger partial charge in [-0.2, -0.15) is 13.2 Å². The lowest BCUT2D eigenvalue weighted by Crippen LogP contribution is -2.40. The summed E-state index contributed by atoms with van der Waals surface area (Å²) in [6.07, 6.45) is -4.49. The lowest BCUT2D eigenvalue weighted by molar-refractivity contribution is -0.141. The number of aromatic nitrogens is 1. The summed E-state index contributed by atoms with van der Waals surface area (Å²) in [6.45, 7) is 5.75. The molecule has 0 fully saturated rings.